The number of nitrogens with one attached hydrogen (secondary N) is 1. The zero-order valence-electron chi connectivity index (χ0n) is 18.3. The number of urea groups is 1. The van der Waals surface area contributed by atoms with Gasteiger partial charge in [0, 0.05) is 18.3 Å². The van der Waals surface area contributed by atoms with Gasteiger partial charge in [0.1, 0.15) is 5.57 Å². The van der Waals surface area contributed by atoms with Crippen LogP contribution < -0.4 is 15.1 Å². The number of aryl methyl sites for hydroxylation is 1. The van der Waals surface area contributed by atoms with Crippen LogP contribution in [0.4, 0.5) is 16.2 Å². The predicted molar refractivity (Wildman–Crippen MR) is 123 cm³/mol. The highest BCUT2D eigenvalue weighted by Gasteiger charge is 2.37. The monoisotopic (exact) mass is 415 g/mol. The number of carbonyl (C=O) groups excluding carboxylic acids is 3. The van der Waals surface area contributed by atoms with E-state index in [1.807, 2.05) is 44.3 Å². The number of carbonyl (C=O) groups is 3. The van der Waals surface area contributed by atoms with Crippen molar-refractivity contribution < 1.29 is 14.4 Å². The number of hydrogen-bond donors (Lipinski definition) is 1. The first-order valence-corrected chi connectivity index (χ1v) is 10.1. The zero-order chi connectivity index (χ0) is 22.5. The average molecular weight is 415 g/mol. The third-order valence-electron chi connectivity index (χ3n) is 5.95. The molecule has 1 fully saturated rings. The summed E-state index contributed by atoms with van der Waals surface area (Å²) in [6, 6.07) is 12.1. The van der Waals surface area contributed by atoms with Crippen molar-refractivity contribution in [3.63, 3.8) is 0 Å². The second kappa shape index (κ2) is 7.23. The Labute approximate surface area is 181 Å². The third kappa shape index (κ3) is 3.54. The normalized spacial score (nSPS) is 19.3. The predicted octanol–water partition coefficient (Wildman–Crippen LogP) is 4.29. The summed E-state index contributed by atoms with van der Waals surface area (Å²) in [6.07, 6.45) is 3.74. The molecule has 2 aromatic rings. The van der Waals surface area contributed by atoms with E-state index in [0.717, 1.165) is 32.9 Å². The molecule has 6 nitrogen and oxygen atoms in total. The van der Waals surface area contributed by atoms with Crippen molar-refractivity contribution in [2.75, 3.05) is 16.8 Å². The molecule has 2 heterocycles. The minimum Gasteiger partial charge on any atom is -0.366 e. The average Bonchev–Trinajstić information content (AvgIpc) is 2.70. The fourth-order valence-electron chi connectivity index (χ4n) is 4.02. The molecule has 0 atom stereocenters. The molecule has 1 N–H and O–H groups in total. The van der Waals surface area contributed by atoms with Crippen LogP contribution in [-0.2, 0) is 9.59 Å². The summed E-state index contributed by atoms with van der Waals surface area (Å²) < 4.78 is 0. The highest BCUT2D eigenvalue weighted by molar-refractivity contribution is 6.39. The van der Waals surface area contributed by atoms with Gasteiger partial charge in [0.2, 0.25) is 0 Å². The molecule has 0 unspecified atom stereocenters. The quantitative estimate of drug-likeness (QED) is 0.587. The minimum absolute atomic E-state index is 0.0775. The van der Waals surface area contributed by atoms with E-state index in [1.165, 1.54) is 0 Å². The van der Waals surface area contributed by atoms with Gasteiger partial charge in [-0.2, -0.15) is 0 Å². The molecule has 0 aromatic heterocycles. The number of rotatable bonds is 2. The number of amides is 4. The summed E-state index contributed by atoms with van der Waals surface area (Å²) in [5, 5.41) is 2.27. The van der Waals surface area contributed by atoms with E-state index in [1.54, 1.807) is 18.2 Å². The Kier molecular flexibility index (Phi) is 4.81. The Morgan fingerprint density at radius 3 is 2.32 bits per heavy atom. The molecule has 31 heavy (non-hydrogen) atoms. The minimum atomic E-state index is -0.746. The second-order valence-corrected chi connectivity index (χ2v) is 8.61. The number of fused-ring (bicyclic) bond motifs is 1. The molecule has 0 spiro atoms. The van der Waals surface area contributed by atoms with Gasteiger partial charge in [-0.25, -0.2) is 9.69 Å². The van der Waals surface area contributed by atoms with Crippen molar-refractivity contribution in [3.05, 3.63) is 70.8 Å². The number of anilines is 2. The molecular formula is C25H25N3O3. The lowest BCUT2D eigenvalue weighted by Crippen LogP contribution is -2.54. The van der Waals surface area contributed by atoms with Crippen LogP contribution in [0.5, 0.6) is 0 Å². The molecule has 2 aliphatic rings. The van der Waals surface area contributed by atoms with Gasteiger partial charge >= 0.3 is 6.03 Å². The summed E-state index contributed by atoms with van der Waals surface area (Å²) >= 11 is 0. The van der Waals surface area contributed by atoms with E-state index in [0.29, 0.717) is 5.69 Å². The van der Waals surface area contributed by atoms with Crippen molar-refractivity contribution in [1.82, 2.24) is 5.32 Å². The molecule has 4 amide bonds. The standard InChI is InChI=1S/C25H25N3O3/c1-15-6-9-18(10-7-15)28-23(30)20(22(29)26-24(28)31)13-17-8-11-21-19(12-17)16(2)14-25(3,4)27(21)5/h6-14H,1-5H3,(H,26,29,31)/b20-13+. The summed E-state index contributed by atoms with van der Waals surface area (Å²) in [5.41, 5.74) is 5.22. The van der Waals surface area contributed by atoms with Crippen molar-refractivity contribution in [3.8, 4) is 0 Å². The number of imide groups is 2. The molecule has 0 bridgehead atoms. The van der Waals surface area contributed by atoms with Gasteiger partial charge in [-0.3, -0.25) is 14.9 Å². The summed E-state index contributed by atoms with van der Waals surface area (Å²) in [5.74, 6) is -1.33. The molecule has 158 valence electrons. The molecule has 1 saturated heterocycles. The number of likely N-dealkylation sites (N-methyl/N-ethyl adjacent to an activating group) is 1. The third-order valence-corrected chi connectivity index (χ3v) is 5.95. The highest BCUT2D eigenvalue weighted by Crippen LogP contribution is 2.38. The number of barbiturate groups is 1. The van der Waals surface area contributed by atoms with Gasteiger partial charge in [-0.15, -0.1) is 0 Å². The number of benzene rings is 2. The first kappa shape index (κ1) is 20.6. The zero-order valence-corrected chi connectivity index (χ0v) is 18.3. The van der Waals surface area contributed by atoms with Crippen LogP contribution in [0.3, 0.4) is 0 Å². The van der Waals surface area contributed by atoms with E-state index >= 15 is 0 Å². The topological polar surface area (TPSA) is 69.7 Å². The van der Waals surface area contributed by atoms with Gasteiger partial charge < -0.3 is 4.90 Å². The molecule has 6 heteroatoms. The van der Waals surface area contributed by atoms with Crippen molar-refractivity contribution in [1.29, 1.82) is 0 Å². The van der Waals surface area contributed by atoms with E-state index in [4.69, 9.17) is 0 Å². The molecule has 4 rings (SSSR count). The van der Waals surface area contributed by atoms with Crippen LogP contribution in [0.15, 0.2) is 54.1 Å². The van der Waals surface area contributed by atoms with Crippen LogP contribution in [-0.4, -0.2) is 30.4 Å². The Morgan fingerprint density at radius 1 is 0.968 bits per heavy atom. The second-order valence-electron chi connectivity index (χ2n) is 8.61. The van der Waals surface area contributed by atoms with Crippen LogP contribution in [0, 0.1) is 6.92 Å². The van der Waals surface area contributed by atoms with Crippen molar-refractivity contribution in [2.24, 2.45) is 0 Å². The summed E-state index contributed by atoms with van der Waals surface area (Å²) in [7, 11) is 2.04. The first-order valence-electron chi connectivity index (χ1n) is 10.1. The SMILES string of the molecule is CC1=CC(C)(C)N(C)c2ccc(/C=C3\C(=O)NC(=O)N(c4ccc(C)cc4)C3=O)cc21. The van der Waals surface area contributed by atoms with Crippen molar-refractivity contribution in [2.45, 2.75) is 33.2 Å². The van der Waals surface area contributed by atoms with Gasteiger partial charge in [0.25, 0.3) is 11.8 Å². The lowest BCUT2D eigenvalue weighted by molar-refractivity contribution is -0.122. The Hall–Kier alpha value is -3.67. The molecule has 2 aromatic carbocycles. The maximum atomic E-state index is 13.1. The van der Waals surface area contributed by atoms with Gasteiger partial charge in [-0.05, 0) is 69.2 Å². The molecule has 2 aliphatic heterocycles. The maximum absolute atomic E-state index is 13.1. The van der Waals surface area contributed by atoms with Gasteiger partial charge in [-0.1, -0.05) is 29.8 Å². The molecule has 0 radical (unpaired) electrons. The highest BCUT2D eigenvalue weighted by atomic mass is 16.2. The van der Waals surface area contributed by atoms with E-state index in [9.17, 15) is 14.4 Å². The smallest absolute Gasteiger partial charge is 0.335 e. The fourth-order valence-corrected chi connectivity index (χ4v) is 4.02. The van der Waals surface area contributed by atoms with E-state index in [-0.39, 0.29) is 11.1 Å². The van der Waals surface area contributed by atoms with Crippen LogP contribution in [0.2, 0.25) is 0 Å². The lowest BCUT2D eigenvalue weighted by Gasteiger charge is -2.40. The van der Waals surface area contributed by atoms with E-state index in [2.05, 4.69) is 37.1 Å². The number of nitrogens with zero attached hydrogens (tertiary/aromatic N) is 2. The Bertz CT molecular complexity index is 1170. The molecule has 0 saturated carbocycles. The lowest BCUT2D eigenvalue weighted by atomic mass is 9.88. The molecule has 0 aliphatic carbocycles. The van der Waals surface area contributed by atoms with Crippen LogP contribution >= 0.6 is 0 Å². The van der Waals surface area contributed by atoms with Gasteiger partial charge in [0.05, 0.1) is 11.2 Å². The Balaban J connectivity index is 1.73. The fraction of sp³-hybridized carbons (Fsp3) is 0.240. The first-order chi connectivity index (χ1) is 14.6. The molecular weight excluding hydrogens is 390 g/mol. The summed E-state index contributed by atoms with van der Waals surface area (Å²) in [4.78, 5) is 41.1. The van der Waals surface area contributed by atoms with Gasteiger partial charge in [0.15, 0.2) is 0 Å². The number of hydrogen-bond acceptors (Lipinski definition) is 4. The van der Waals surface area contributed by atoms with E-state index < -0.39 is 17.8 Å². The van der Waals surface area contributed by atoms with Crippen LogP contribution in [0.25, 0.3) is 11.6 Å². The number of allylic oxidation sites excluding steroid dienone is 1. The maximum Gasteiger partial charge on any atom is 0.335 e. The Morgan fingerprint density at radius 2 is 1.65 bits per heavy atom. The van der Waals surface area contributed by atoms with Crippen molar-refractivity contribution >= 4 is 40.9 Å². The van der Waals surface area contributed by atoms with Crippen LogP contribution in [0.1, 0.15) is 37.5 Å². The largest absolute Gasteiger partial charge is 0.366 e. The summed E-state index contributed by atoms with van der Waals surface area (Å²) in [6.45, 7) is 8.27.